The summed E-state index contributed by atoms with van der Waals surface area (Å²) in [7, 11) is 0. The Bertz CT molecular complexity index is 3210. The molecule has 0 N–H and O–H groups in total. The van der Waals surface area contributed by atoms with Gasteiger partial charge in [-0.15, -0.1) is 45.3 Å². The highest BCUT2D eigenvalue weighted by Gasteiger charge is 2.19. The zero-order chi connectivity index (χ0) is 38.2. The van der Waals surface area contributed by atoms with Gasteiger partial charge in [0.15, 0.2) is 0 Å². The number of rotatable bonds is 7. The Kier molecular flexibility index (Phi) is 7.98. The van der Waals surface area contributed by atoms with Crippen LogP contribution in [0, 0.1) is 0 Å². The highest BCUT2D eigenvalue weighted by atomic mass is 32.1. The molecular formula is C52H32N2S4. The SMILES string of the molecule is c1ccc(N(c2ccc(-c3ccc(N(c4ccccc4)c4ccc5c(c4)sc4c6ccccc6sc54)cc3)cc2)c2ccc3c(c2)sc2c4ccccc4sc32)cc1. The Morgan fingerprint density at radius 1 is 0.241 bits per heavy atom. The predicted molar refractivity (Wildman–Crippen MR) is 258 cm³/mol. The van der Waals surface area contributed by atoms with Gasteiger partial charge in [0, 0.05) is 74.5 Å². The van der Waals surface area contributed by atoms with Crippen molar-refractivity contribution in [2.45, 2.75) is 0 Å². The van der Waals surface area contributed by atoms with Crippen LogP contribution in [-0.2, 0) is 0 Å². The highest BCUT2D eigenvalue weighted by Crippen LogP contribution is 2.48. The van der Waals surface area contributed by atoms with Crippen LogP contribution in [0.15, 0.2) is 194 Å². The average Bonchev–Trinajstić information content (AvgIpc) is 4.03. The number of hydrogen-bond acceptors (Lipinski definition) is 6. The van der Waals surface area contributed by atoms with Crippen LogP contribution in [-0.4, -0.2) is 0 Å². The fourth-order valence-corrected chi connectivity index (χ4v) is 13.7. The highest BCUT2D eigenvalue weighted by molar-refractivity contribution is 7.37. The third-order valence-corrected chi connectivity index (χ3v) is 16.1. The fourth-order valence-electron chi connectivity index (χ4n) is 8.32. The number of para-hydroxylation sites is 2. The van der Waals surface area contributed by atoms with E-state index in [-0.39, 0.29) is 0 Å². The van der Waals surface area contributed by atoms with E-state index in [1.165, 1.54) is 70.3 Å². The van der Waals surface area contributed by atoms with E-state index in [0.29, 0.717) is 0 Å². The van der Waals surface area contributed by atoms with Crippen molar-refractivity contribution in [1.82, 2.24) is 0 Å². The summed E-state index contributed by atoms with van der Waals surface area (Å²) >= 11 is 7.61. The topological polar surface area (TPSA) is 6.48 Å². The van der Waals surface area contributed by atoms with Crippen molar-refractivity contribution in [2.75, 3.05) is 9.80 Å². The van der Waals surface area contributed by atoms with E-state index >= 15 is 0 Å². The molecule has 58 heavy (non-hydrogen) atoms. The molecule has 2 nitrogen and oxygen atoms in total. The Morgan fingerprint density at radius 2 is 0.552 bits per heavy atom. The van der Waals surface area contributed by atoms with Crippen molar-refractivity contribution < 1.29 is 0 Å². The summed E-state index contributed by atoms with van der Waals surface area (Å²) in [5.74, 6) is 0. The van der Waals surface area contributed by atoms with Crippen LogP contribution in [0.1, 0.15) is 0 Å². The van der Waals surface area contributed by atoms with E-state index in [0.717, 1.165) is 34.1 Å². The molecule has 12 aromatic rings. The number of thiophene rings is 4. The quantitative estimate of drug-likeness (QED) is 0.158. The van der Waals surface area contributed by atoms with Crippen molar-refractivity contribution in [3.63, 3.8) is 0 Å². The molecule has 4 aromatic heterocycles. The molecule has 0 aliphatic rings. The summed E-state index contributed by atoms with van der Waals surface area (Å²) in [4.78, 5) is 4.74. The van der Waals surface area contributed by atoms with E-state index < -0.39 is 0 Å². The first-order chi connectivity index (χ1) is 28.7. The molecule has 0 aliphatic heterocycles. The Labute approximate surface area is 351 Å². The van der Waals surface area contributed by atoms with Crippen molar-refractivity contribution in [3.8, 4) is 11.1 Å². The first kappa shape index (κ1) is 33.8. The molecule has 4 heterocycles. The molecule has 0 saturated heterocycles. The van der Waals surface area contributed by atoms with Crippen molar-refractivity contribution in [3.05, 3.63) is 194 Å². The van der Waals surface area contributed by atoms with E-state index in [4.69, 9.17) is 0 Å². The molecule has 0 amide bonds. The molecule has 0 radical (unpaired) electrons. The number of anilines is 6. The van der Waals surface area contributed by atoms with Crippen molar-refractivity contribution >= 4 is 139 Å². The molecule has 0 fully saturated rings. The van der Waals surface area contributed by atoms with Crippen LogP contribution in [0.25, 0.3) is 70.3 Å². The second-order valence-corrected chi connectivity index (χ2v) is 18.7. The minimum Gasteiger partial charge on any atom is -0.310 e. The second-order valence-electron chi connectivity index (χ2n) is 14.5. The summed E-state index contributed by atoms with van der Waals surface area (Å²) in [6.07, 6.45) is 0. The van der Waals surface area contributed by atoms with Gasteiger partial charge in [0.05, 0.1) is 18.8 Å². The Balaban J connectivity index is 0.882. The molecule has 0 aliphatic carbocycles. The molecule has 8 aromatic carbocycles. The summed E-state index contributed by atoms with van der Waals surface area (Å²) in [5, 5.41) is 5.39. The van der Waals surface area contributed by atoms with E-state index in [9.17, 15) is 0 Å². The van der Waals surface area contributed by atoms with Crippen LogP contribution < -0.4 is 9.80 Å². The van der Waals surface area contributed by atoms with E-state index in [1.807, 2.05) is 45.3 Å². The van der Waals surface area contributed by atoms with Crippen LogP contribution in [0.3, 0.4) is 0 Å². The number of benzene rings is 8. The second kappa shape index (κ2) is 13.7. The normalized spacial score (nSPS) is 11.8. The van der Waals surface area contributed by atoms with Crippen LogP contribution in [0.5, 0.6) is 0 Å². The van der Waals surface area contributed by atoms with Gasteiger partial charge in [-0.25, -0.2) is 0 Å². The van der Waals surface area contributed by atoms with E-state index in [1.54, 1.807) is 0 Å². The van der Waals surface area contributed by atoms with Gasteiger partial charge in [0.2, 0.25) is 0 Å². The minimum atomic E-state index is 1.13. The first-order valence-corrected chi connectivity index (χ1v) is 22.6. The van der Waals surface area contributed by atoms with Crippen LogP contribution >= 0.6 is 45.3 Å². The summed E-state index contributed by atoms with van der Waals surface area (Å²) in [6.45, 7) is 0. The molecule has 0 spiro atoms. The molecule has 0 unspecified atom stereocenters. The molecule has 0 saturated carbocycles. The van der Waals surface area contributed by atoms with Gasteiger partial charge in [0.25, 0.3) is 0 Å². The van der Waals surface area contributed by atoms with Gasteiger partial charge < -0.3 is 9.80 Å². The van der Waals surface area contributed by atoms with E-state index in [2.05, 4.69) is 204 Å². The standard InChI is InChI=1S/C52H32N2S4/c1-3-11-35(12-4-1)53(39-27-29-43-47(31-39)57-49-41-15-7-9-17-45(41)55-51(43)49)37-23-19-33(20-24-37)34-21-25-38(26-22-34)54(36-13-5-2-6-14-36)40-28-30-44-48(32-40)58-50-42-16-8-10-18-46(42)56-52(44)50/h1-32H. The van der Waals surface area contributed by atoms with Gasteiger partial charge in [-0.2, -0.15) is 0 Å². The number of nitrogens with zero attached hydrogens (tertiary/aromatic N) is 2. The predicted octanol–water partition coefficient (Wildman–Crippen LogP) is 17.5. The average molecular weight is 813 g/mol. The van der Waals surface area contributed by atoms with Crippen molar-refractivity contribution in [2.24, 2.45) is 0 Å². The lowest BCUT2D eigenvalue weighted by Crippen LogP contribution is -2.09. The van der Waals surface area contributed by atoms with Crippen LogP contribution in [0.4, 0.5) is 34.1 Å². The minimum absolute atomic E-state index is 1.13. The molecule has 0 atom stereocenters. The number of hydrogen-bond donors (Lipinski definition) is 0. The van der Waals surface area contributed by atoms with Crippen LogP contribution in [0.2, 0.25) is 0 Å². The first-order valence-electron chi connectivity index (χ1n) is 19.3. The smallest absolute Gasteiger partial charge is 0.0542 e. The van der Waals surface area contributed by atoms with Gasteiger partial charge in [-0.3, -0.25) is 0 Å². The van der Waals surface area contributed by atoms with Gasteiger partial charge in [-0.1, -0.05) is 109 Å². The Morgan fingerprint density at radius 3 is 0.966 bits per heavy atom. The maximum absolute atomic E-state index is 2.37. The molecule has 6 heteroatoms. The lowest BCUT2D eigenvalue weighted by Gasteiger charge is -2.26. The maximum atomic E-state index is 2.37. The maximum Gasteiger partial charge on any atom is 0.0542 e. The zero-order valence-corrected chi connectivity index (χ0v) is 34.3. The Hall–Kier alpha value is -6.28. The summed E-state index contributed by atoms with van der Waals surface area (Å²) in [6, 6.07) is 70.8. The lowest BCUT2D eigenvalue weighted by molar-refractivity contribution is 1.29. The van der Waals surface area contributed by atoms with Gasteiger partial charge in [0.1, 0.15) is 0 Å². The van der Waals surface area contributed by atoms with Crippen molar-refractivity contribution in [1.29, 1.82) is 0 Å². The summed E-state index contributed by atoms with van der Waals surface area (Å²) < 4.78 is 10.9. The third-order valence-electron chi connectivity index (χ3n) is 11.1. The number of fused-ring (bicyclic) bond motifs is 10. The lowest BCUT2D eigenvalue weighted by atomic mass is 10.0. The van der Waals surface area contributed by atoms with Gasteiger partial charge >= 0.3 is 0 Å². The van der Waals surface area contributed by atoms with Gasteiger partial charge in [-0.05, 0) is 96.1 Å². The zero-order valence-electron chi connectivity index (χ0n) is 31.0. The molecule has 274 valence electrons. The largest absolute Gasteiger partial charge is 0.310 e. The molecule has 0 bridgehead atoms. The molecule has 12 rings (SSSR count). The summed E-state index contributed by atoms with van der Waals surface area (Å²) in [5.41, 5.74) is 9.21. The third kappa shape index (κ3) is 5.56. The monoisotopic (exact) mass is 812 g/mol. The fraction of sp³-hybridized carbons (Fsp3) is 0. The molecular weight excluding hydrogens is 781 g/mol.